The Balaban J connectivity index is 1.71. The molecule has 0 aliphatic carbocycles. The second kappa shape index (κ2) is 4.67. The fraction of sp³-hybridized carbons (Fsp3) is 0.333. The van der Waals surface area contributed by atoms with Crippen molar-refractivity contribution in [2.24, 2.45) is 0 Å². The van der Waals surface area contributed by atoms with Gasteiger partial charge in [-0.1, -0.05) is 0 Å². The molecule has 5 nitrogen and oxygen atoms in total. The highest BCUT2D eigenvalue weighted by Gasteiger charge is 2.31. The quantitative estimate of drug-likeness (QED) is 0.930. The predicted octanol–water partition coefficient (Wildman–Crippen LogP) is 2.90. The first-order chi connectivity index (χ1) is 9.52. The Hall–Kier alpha value is -2.30. The number of nitrogens with one attached hydrogen (secondary N) is 1. The van der Waals surface area contributed by atoms with Crippen molar-refractivity contribution in [2.45, 2.75) is 33.1 Å². The Morgan fingerprint density at radius 1 is 1.15 bits per heavy atom. The van der Waals surface area contributed by atoms with Crippen molar-refractivity contribution in [1.29, 1.82) is 0 Å². The zero-order chi connectivity index (χ0) is 14.2. The van der Waals surface area contributed by atoms with Crippen LogP contribution in [-0.2, 0) is 6.54 Å². The standard InChI is InChI=1S/C15H17N3O2/c1-10-16-7-6-12(18-10)9-17-11-4-5-13-14(8-11)20-15(2,3)19-13/h4-8,17H,9H2,1-3H3. The van der Waals surface area contributed by atoms with Gasteiger partial charge in [0.05, 0.1) is 12.2 Å². The molecule has 1 aromatic carbocycles. The SMILES string of the molecule is Cc1nccc(CNc2ccc3c(c2)OC(C)(C)O3)n1. The summed E-state index contributed by atoms with van der Waals surface area (Å²) in [5.41, 5.74) is 1.93. The molecule has 2 aromatic rings. The second-order valence-corrected chi connectivity index (χ2v) is 5.21. The maximum atomic E-state index is 5.72. The van der Waals surface area contributed by atoms with Gasteiger partial charge in [0.2, 0.25) is 5.79 Å². The lowest BCUT2D eigenvalue weighted by atomic mass is 10.2. The summed E-state index contributed by atoms with van der Waals surface area (Å²) < 4.78 is 11.4. The van der Waals surface area contributed by atoms with Gasteiger partial charge in [0.15, 0.2) is 11.5 Å². The molecule has 2 heterocycles. The molecule has 5 heteroatoms. The van der Waals surface area contributed by atoms with Gasteiger partial charge in [-0.15, -0.1) is 0 Å². The molecule has 0 bridgehead atoms. The minimum Gasteiger partial charge on any atom is -0.449 e. The predicted molar refractivity (Wildman–Crippen MR) is 75.9 cm³/mol. The number of ether oxygens (including phenoxy) is 2. The molecule has 0 saturated carbocycles. The van der Waals surface area contributed by atoms with Crippen molar-refractivity contribution in [3.05, 3.63) is 42.0 Å². The zero-order valence-corrected chi connectivity index (χ0v) is 11.8. The molecule has 0 radical (unpaired) electrons. The van der Waals surface area contributed by atoms with E-state index in [9.17, 15) is 0 Å². The van der Waals surface area contributed by atoms with E-state index in [1.165, 1.54) is 0 Å². The Bertz CT molecular complexity index is 641. The largest absolute Gasteiger partial charge is 0.449 e. The second-order valence-electron chi connectivity index (χ2n) is 5.21. The van der Waals surface area contributed by atoms with Gasteiger partial charge in [-0.2, -0.15) is 0 Å². The first-order valence-corrected chi connectivity index (χ1v) is 6.56. The molecule has 1 N–H and O–H groups in total. The molecule has 0 atom stereocenters. The number of nitrogens with zero attached hydrogens (tertiary/aromatic N) is 2. The van der Waals surface area contributed by atoms with Crippen molar-refractivity contribution < 1.29 is 9.47 Å². The third-order valence-corrected chi connectivity index (χ3v) is 2.96. The maximum absolute atomic E-state index is 5.72. The molecule has 0 spiro atoms. The van der Waals surface area contributed by atoms with E-state index in [-0.39, 0.29) is 0 Å². The van der Waals surface area contributed by atoms with Gasteiger partial charge in [-0.25, -0.2) is 9.97 Å². The molecular weight excluding hydrogens is 254 g/mol. The number of aryl methyl sites for hydroxylation is 1. The van der Waals surface area contributed by atoms with Crippen molar-refractivity contribution in [2.75, 3.05) is 5.32 Å². The van der Waals surface area contributed by atoms with Gasteiger partial charge in [0, 0.05) is 31.8 Å². The summed E-state index contributed by atoms with van der Waals surface area (Å²) in [5.74, 6) is 1.72. The van der Waals surface area contributed by atoms with Gasteiger partial charge in [-0.05, 0) is 25.1 Å². The molecule has 1 aliphatic heterocycles. The molecule has 0 saturated heterocycles. The third kappa shape index (κ3) is 2.66. The van der Waals surface area contributed by atoms with Crippen LogP contribution in [0, 0.1) is 6.92 Å². The summed E-state index contributed by atoms with van der Waals surface area (Å²) in [6, 6.07) is 7.73. The number of benzene rings is 1. The summed E-state index contributed by atoms with van der Waals surface area (Å²) in [6.07, 6.45) is 1.77. The number of hydrogen-bond acceptors (Lipinski definition) is 5. The lowest BCUT2D eigenvalue weighted by molar-refractivity contribution is -0.0431. The maximum Gasteiger partial charge on any atom is 0.246 e. The van der Waals surface area contributed by atoms with Crippen molar-refractivity contribution in [3.8, 4) is 11.5 Å². The Morgan fingerprint density at radius 2 is 1.95 bits per heavy atom. The zero-order valence-electron chi connectivity index (χ0n) is 11.8. The van der Waals surface area contributed by atoms with Gasteiger partial charge in [-0.3, -0.25) is 0 Å². The number of aromatic nitrogens is 2. The van der Waals surface area contributed by atoms with Crippen LogP contribution in [0.3, 0.4) is 0 Å². The summed E-state index contributed by atoms with van der Waals surface area (Å²) >= 11 is 0. The first kappa shape index (κ1) is 12.7. The molecule has 1 aromatic heterocycles. The monoisotopic (exact) mass is 271 g/mol. The topological polar surface area (TPSA) is 56.3 Å². The Labute approximate surface area is 118 Å². The van der Waals surface area contributed by atoms with Crippen molar-refractivity contribution in [1.82, 2.24) is 9.97 Å². The lowest BCUT2D eigenvalue weighted by Gasteiger charge is -2.16. The van der Waals surface area contributed by atoms with Gasteiger partial charge in [0.25, 0.3) is 0 Å². The van der Waals surface area contributed by atoms with Gasteiger partial charge < -0.3 is 14.8 Å². The normalized spacial score (nSPS) is 15.2. The van der Waals surface area contributed by atoms with E-state index >= 15 is 0 Å². The fourth-order valence-corrected chi connectivity index (χ4v) is 2.13. The van der Waals surface area contributed by atoms with Crippen molar-refractivity contribution >= 4 is 5.69 Å². The average Bonchev–Trinajstić information content (AvgIpc) is 2.69. The highest BCUT2D eigenvalue weighted by molar-refractivity contribution is 5.56. The number of rotatable bonds is 3. The van der Waals surface area contributed by atoms with Crippen LogP contribution < -0.4 is 14.8 Å². The first-order valence-electron chi connectivity index (χ1n) is 6.56. The highest BCUT2D eigenvalue weighted by atomic mass is 16.7. The van der Waals surface area contributed by atoms with Crippen LogP contribution in [0.1, 0.15) is 25.4 Å². The van der Waals surface area contributed by atoms with E-state index in [0.717, 1.165) is 28.7 Å². The van der Waals surface area contributed by atoms with E-state index in [1.807, 2.05) is 45.0 Å². The summed E-state index contributed by atoms with van der Waals surface area (Å²) in [4.78, 5) is 8.44. The molecule has 3 rings (SSSR count). The molecule has 104 valence electrons. The number of fused-ring (bicyclic) bond motifs is 1. The van der Waals surface area contributed by atoms with Crippen LogP contribution >= 0.6 is 0 Å². The van der Waals surface area contributed by atoms with Crippen LogP contribution in [0.15, 0.2) is 30.5 Å². The highest BCUT2D eigenvalue weighted by Crippen LogP contribution is 2.40. The Morgan fingerprint density at radius 3 is 2.75 bits per heavy atom. The van der Waals surface area contributed by atoms with E-state index in [2.05, 4.69) is 15.3 Å². The van der Waals surface area contributed by atoms with E-state index in [4.69, 9.17) is 9.47 Å². The number of anilines is 1. The van der Waals surface area contributed by atoms with E-state index < -0.39 is 5.79 Å². The average molecular weight is 271 g/mol. The third-order valence-electron chi connectivity index (χ3n) is 2.96. The minimum atomic E-state index is -0.593. The van der Waals surface area contributed by atoms with Gasteiger partial charge in [0.1, 0.15) is 5.82 Å². The Kier molecular flexibility index (Phi) is 2.97. The van der Waals surface area contributed by atoms with E-state index in [1.54, 1.807) is 6.20 Å². The molecule has 1 aliphatic rings. The lowest BCUT2D eigenvalue weighted by Crippen LogP contribution is -2.29. The summed E-state index contributed by atoms with van der Waals surface area (Å²) in [7, 11) is 0. The fourth-order valence-electron chi connectivity index (χ4n) is 2.13. The smallest absolute Gasteiger partial charge is 0.246 e. The van der Waals surface area contributed by atoms with Gasteiger partial charge >= 0.3 is 0 Å². The number of hydrogen-bond donors (Lipinski definition) is 1. The van der Waals surface area contributed by atoms with Crippen LogP contribution in [0.2, 0.25) is 0 Å². The molecule has 20 heavy (non-hydrogen) atoms. The summed E-state index contributed by atoms with van der Waals surface area (Å²) in [5, 5.41) is 3.32. The minimum absolute atomic E-state index is 0.593. The van der Waals surface area contributed by atoms with Crippen LogP contribution in [0.25, 0.3) is 0 Å². The molecule has 0 unspecified atom stereocenters. The van der Waals surface area contributed by atoms with Crippen molar-refractivity contribution in [3.63, 3.8) is 0 Å². The van der Waals surface area contributed by atoms with Crippen LogP contribution in [0.4, 0.5) is 5.69 Å². The summed E-state index contributed by atoms with van der Waals surface area (Å²) in [6.45, 7) is 6.31. The molecular formula is C15H17N3O2. The van der Waals surface area contributed by atoms with Crippen LogP contribution in [0.5, 0.6) is 11.5 Å². The van der Waals surface area contributed by atoms with E-state index in [0.29, 0.717) is 6.54 Å². The van der Waals surface area contributed by atoms with Crippen LogP contribution in [-0.4, -0.2) is 15.8 Å². The molecule has 0 fully saturated rings. The molecule has 0 amide bonds.